The van der Waals surface area contributed by atoms with Crippen molar-refractivity contribution in [2.45, 2.75) is 18.9 Å². The number of carbonyl (C=O) groups excluding carboxylic acids is 1. The van der Waals surface area contributed by atoms with Crippen molar-refractivity contribution in [2.24, 2.45) is 5.92 Å². The highest BCUT2D eigenvalue weighted by Crippen LogP contribution is 2.24. The van der Waals surface area contributed by atoms with Crippen molar-refractivity contribution in [3.63, 3.8) is 0 Å². The molecule has 1 aromatic rings. The number of amides is 1. The molecule has 1 fully saturated rings. The molecule has 0 aliphatic carbocycles. The SMILES string of the molecule is O=C(O)[C@@H]1CC[C@H](C(=O)O)N(C(=O)c2ccccc2)C1. The second-order valence-electron chi connectivity index (χ2n) is 4.79. The monoisotopic (exact) mass is 277 g/mol. The second kappa shape index (κ2) is 5.73. The molecule has 6 heteroatoms. The molecule has 0 aromatic heterocycles. The number of nitrogens with zero attached hydrogens (tertiary/aromatic N) is 1. The van der Waals surface area contributed by atoms with E-state index in [1.54, 1.807) is 30.3 Å². The Balaban J connectivity index is 2.25. The summed E-state index contributed by atoms with van der Waals surface area (Å²) in [7, 11) is 0. The summed E-state index contributed by atoms with van der Waals surface area (Å²) in [5.41, 5.74) is 0.366. The van der Waals surface area contributed by atoms with Gasteiger partial charge in [0.1, 0.15) is 6.04 Å². The van der Waals surface area contributed by atoms with E-state index in [4.69, 9.17) is 5.11 Å². The van der Waals surface area contributed by atoms with E-state index in [2.05, 4.69) is 0 Å². The maximum atomic E-state index is 12.4. The van der Waals surface area contributed by atoms with Crippen molar-refractivity contribution < 1.29 is 24.6 Å². The Morgan fingerprint density at radius 2 is 1.65 bits per heavy atom. The summed E-state index contributed by atoms with van der Waals surface area (Å²) in [5, 5.41) is 18.2. The molecule has 106 valence electrons. The normalized spacial score (nSPS) is 22.3. The minimum absolute atomic E-state index is 0.0694. The van der Waals surface area contributed by atoms with Crippen LogP contribution in [-0.2, 0) is 9.59 Å². The molecule has 1 aromatic carbocycles. The van der Waals surface area contributed by atoms with Crippen LogP contribution in [-0.4, -0.2) is 45.5 Å². The fraction of sp³-hybridized carbons (Fsp3) is 0.357. The predicted octanol–water partition coefficient (Wildman–Crippen LogP) is 1.08. The van der Waals surface area contributed by atoms with Gasteiger partial charge in [-0.1, -0.05) is 18.2 Å². The van der Waals surface area contributed by atoms with E-state index in [1.165, 1.54) is 0 Å². The lowest BCUT2D eigenvalue weighted by atomic mass is 9.92. The van der Waals surface area contributed by atoms with Crippen molar-refractivity contribution in [2.75, 3.05) is 6.54 Å². The third kappa shape index (κ3) is 2.79. The Hall–Kier alpha value is -2.37. The summed E-state index contributed by atoms with van der Waals surface area (Å²) >= 11 is 0. The zero-order valence-corrected chi connectivity index (χ0v) is 10.7. The van der Waals surface area contributed by atoms with Crippen LogP contribution in [0.4, 0.5) is 0 Å². The van der Waals surface area contributed by atoms with Crippen LogP contribution < -0.4 is 0 Å². The molecule has 0 saturated carbocycles. The zero-order chi connectivity index (χ0) is 14.7. The summed E-state index contributed by atoms with van der Waals surface area (Å²) in [6.45, 7) is -0.0694. The molecule has 1 aliphatic heterocycles. The van der Waals surface area contributed by atoms with Gasteiger partial charge in [0.2, 0.25) is 0 Å². The second-order valence-corrected chi connectivity index (χ2v) is 4.79. The fourth-order valence-corrected chi connectivity index (χ4v) is 2.40. The van der Waals surface area contributed by atoms with Crippen LogP contribution in [0.3, 0.4) is 0 Å². The predicted molar refractivity (Wildman–Crippen MR) is 69.3 cm³/mol. The van der Waals surface area contributed by atoms with Gasteiger partial charge in [-0.05, 0) is 25.0 Å². The number of carboxylic acids is 2. The Kier molecular flexibility index (Phi) is 4.02. The molecule has 0 radical (unpaired) electrons. The molecule has 0 bridgehead atoms. The molecular formula is C14H15NO5. The topological polar surface area (TPSA) is 94.9 Å². The van der Waals surface area contributed by atoms with E-state index in [0.29, 0.717) is 5.56 Å². The maximum absolute atomic E-state index is 12.4. The molecule has 0 unspecified atom stereocenters. The summed E-state index contributed by atoms with van der Waals surface area (Å²) in [6.07, 6.45) is 0.426. The molecular weight excluding hydrogens is 262 g/mol. The minimum atomic E-state index is -1.10. The van der Waals surface area contributed by atoms with Crippen molar-refractivity contribution in [3.05, 3.63) is 35.9 Å². The van der Waals surface area contributed by atoms with Gasteiger partial charge in [-0.2, -0.15) is 0 Å². The lowest BCUT2D eigenvalue weighted by Crippen LogP contribution is -2.52. The van der Waals surface area contributed by atoms with Gasteiger partial charge < -0.3 is 15.1 Å². The molecule has 2 atom stereocenters. The summed E-state index contributed by atoms with van der Waals surface area (Å²) in [6, 6.07) is 7.33. The van der Waals surface area contributed by atoms with Crippen LogP contribution in [0.1, 0.15) is 23.2 Å². The summed E-state index contributed by atoms with van der Waals surface area (Å²) in [4.78, 5) is 35.8. The van der Waals surface area contributed by atoms with Gasteiger partial charge in [0.05, 0.1) is 5.92 Å². The average molecular weight is 277 g/mol. The number of carbonyl (C=O) groups is 3. The number of piperidine rings is 1. The Morgan fingerprint density at radius 3 is 2.20 bits per heavy atom. The van der Waals surface area contributed by atoms with E-state index < -0.39 is 29.8 Å². The minimum Gasteiger partial charge on any atom is -0.481 e. The van der Waals surface area contributed by atoms with Gasteiger partial charge in [-0.15, -0.1) is 0 Å². The number of benzene rings is 1. The molecule has 2 N–H and O–H groups in total. The van der Waals surface area contributed by atoms with Gasteiger partial charge in [-0.3, -0.25) is 9.59 Å². The number of carboxylic acid groups (broad SMARTS) is 2. The third-order valence-electron chi connectivity index (χ3n) is 3.50. The van der Waals surface area contributed by atoms with Crippen LogP contribution in [0.5, 0.6) is 0 Å². The molecule has 1 amide bonds. The first-order chi connectivity index (χ1) is 9.50. The van der Waals surface area contributed by atoms with Crippen LogP contribution in [0.2, 0.25) is 0 Å². The quantitative estimate of drug-likeness (QED) is 0.862. The van der Waals surface area contributed by atoms with Gasteiger partial charge in [0.25, 0.3) is 5.91 Å². The van der Waals surface area contributed by atoms with E-state index in [1.807, 2.05) is 0 Å². The van der Waals surface area contributed by atoms with Gasteiger partial charge in [-0.25, -0.2) is 4.79 Å². The number of likely N-dealkylation sites (tertiary alicyclic amines) is 1. The van der Waals surface area contributed by atoms with Crippen molar-refractivity contribution in [1.29, 1.82) is 0 Å². The molecule has 2 rings (SSSR count). The molecule has 20 heavy (non-hydrogen) atoms. The van der Waals surface area contributed by atoms with Crippen LogP contribution in [0.15, 0.2) is 30.3 Å². The lowest BCUT2D eigenvalue weighted by molar-refractivity contribution is -0.150. The van der Waals surface area contributed by atoms with Crippen molar-refractivity contribution in [1.82, 2.24) is 4.90 Å². The Labute approximate surface area is 115 Å². The molecule has 6 nitrogen and oxygen atoms in total. The average Bonchev–Trinajstić information content (AvgIpc) is 2.46. The molecule has 1 aliphatic rings. The van der Waals surface area contributed by atoms with E-state index in [0.717, 1.165) is 4.90 Å². The van der Waals surface area contributed by atoms with Crippen LogP contribution >= 0.6 is 0 Å². The van der Waals surface area contributed by atoms with Crippen molar-refractivity contribution in [3.8, 4) is 0 Å². The number of rotatable bonds is 3. The highest BCUT2D eigenvalue weighted by atomic mass is 16.4. The zero-order valence-electron chi connectivity index (χ0n) is 10.7. The summed E-state index contributed by atoms with van der Waals surface area (Å²) in [5.74, 6) is -3.25. The van der Waals surface area contributed by atoms with E-state index in [-0.39, 0.29) is 19.4 Å². The first-order valence-corrected chi connectivity index (χ1v) is 6.32. The fourth-order valence-electron chi connectivity index (χ4n) is 2.40. The first-order valence-electron chi connectivity index (χ1n) is 6.32. The maximum Gasteiger partial charge on any atom is 0.326 e. The van der Waals surface area contributed by atoms with Gasteiger partial charge in [0, 0.05) is 12.1 Å². The lowest BCUT2D eigenvalue weighted by Gasteiger charge is -2.36. The Morgan fingerprint density at radius 1 is 1.00 bits per heavy atom. The summed E-state index contributed by atoms with van der Waals surface area (Å²) < 4.78 is 0. The smallest absolute Gasteiger partial charge is 0.326 e. The van der Waals surface area contributed by atoms with Crippen LogP contribution in [0.25, 0.3) is 0 Å². The number of aliphatic carboxylic acids is 2. The van der Waals surface area contributed by atoms with Crippen molar-refractivity contribution >= 4 is 17.8 Å². The number of hydrogen-bond donors (Lipinski definition) is 2. The molecule has 0 spiro atoms. The highest BCUT2D eigenvalue weighted by molar-refractivity contribution is 5.97. The Bertz CT molecular complexity index is 528. The van der Waals surface area contributed by atoms with Gasteiger partial charge in [0.15, 0.2) is 0 Å². The van der Waals surface area contributed by atoms with Crippen LogP contribution in [0, 0.1) is 5.92 Å². The third-order valence-corrected chi connectivity index (χ3v) is 3.50. The standard InChI is InChI=1S/C14H15NO5/c16-12(9-4-2-1-3-5-9)15-8-10(13(17)18)6-7-11(15)14(19)20/h1-5,10-11H,6-8H2,(H,17,18)(H,19,20)/t10-,11-/m1/s1. The highest BCUT2D eigenvalue weighted by Gasteiger charge is 2.38. The first kappa shape index (κ1) is 14.0. The number of hydrogen-bond acceptors (Lipinski definition) is 3. The van der Waals surface area contributed by atoms with Gasteiger partial charge >= 0.3 is 11.9 Å². The molecule has 1 heterocycles. The van der Waals surface area contributed by atoms with E-state index >= 15 is 0 Å². The van der Waals surface area contributed by atoms with E-state index in [9.17, 15) is 19.5 Å². The molecule has 1 saturated heterocycles. The largest absolute Gasteiger partial charge is 0.481 e.